The van der Waals surface area contributed by atoms with Gasteiger partial charge >= 0.3 is 5.97 Å². The number of carbonyl (C=O) groups is 1. The molecule has 0 amide bonds. The van der Waals surface area contributed by atoms with Crippen molar-refractivity contribution in [2.45, 2.75) is 33.2 Å². The minimum atomic E-state index is -0.674. The Morgan fingerprint density at radius 3 is 2.73 bits per heavy atom. The molecule has 118 valence electrons. The van der Waals surface area contributed by atoms with E-state index in [4.69, 9.17) is 5.11 Å². The van der Waals surface area contributed by atoms with E-state index in [1.807, 2.05) is 4.68 Å². The van der Waals surface area contributed by atoms with Crippen molar-refractivity contribution in [3.05, 3.63) is 18.2 Å². The molecule has 0 aliphatic carbocycles. The normalized spacial score (nSPS) is 16.6. The summed E-state index contributed by atoms with van der Waals surface area (Å²) in [6.45, 7) is 6.74. The van der Waals surface area contributed by atoms with Crippen molar-refractivity contribution in [1.82, 2.24) is 15.0 Å². The van der Waals surface area contributed by atoms with E-state index in [9.17, 15) is 4.79 Å². The Morgan fingerprint density at radius 1 is 1.36 bits per heavy atom. The highest BCUT2D eigenvalue weighted by Crippen LogP contribution is 2.26. The second-order valence-corrected chi connectivity index (χ2v) is 6.44. The molecule has 6 nitrogen and oxygen atoms in total. The van der Waals surface area contributed by atoms with Crippen molar-refractivity contribution in [1.29, 1.82) is 0 Å². The fourth-order valence-electron chi connectivity index (χ4n) is 3.02. The Hall–Kier alpha value is -2.11. The van der Waals surface area contributed by atoms with Gasteiger partial charge in [-0.05, 0) is 37.0 Å². The lowest BCUT2D eigenvalue weighted by molar-refractivity contribution is -0.142. The van der Waals surface area contributed by atoms with Crippen LogP contribution in [0.15, 0.2) is 18.2 Å². The van der Waals surface area contributed by atoms with Crippen molar-refractivity contribution >= 4 is 22.7 Å². The third-order valence-corrected chi connectivity index (χ3v) is 4.24. The van der Waals surface area contributed by atoms with Crippen molar-refractivity contribution in [2.24, 2.45) is 11.8 Å². The number of rotatable bonds is 4. The SMILES string of the molecule is CC(C)Cn1nnc2cc(N3CCC(C(=O)O)CC3)ccc21. The molecule has 0 saturated carbocycles. The molecule has 1 aliphatic heterocycles. The molecule has 0 radical (unpaired) electrons. The van der Waals surface area contributed by atoms with Gasteiger partial charge in [-0.2, -0.15) is 0 Å². The van der Waals surface area contributed by atoms with E-state index in [1.54, 1.807) is 0 Å². The number of carboxylic acids is 1. The highest BCUT2D eigenvalue weighted by Gasteiger charge is 2.24. The Labute approximate surface area is 129 Å². The van der Waals surface area contributed by atoms with Crippen LogP contribution in [0, 0.1) is 11.8 Å². The fourth-order valence-corrected chi connectivity index (χ4v) is 3.02. The van der Waals surface area contributed by atoms with Gasteiger partial charge in [-0.1, -0.05) is 19.1 Å². The van der Waals surface area contributed by atoms with E-state index < -0.39 is 5.97 Å². The summed E-state index contributed by atoms with van der Waals surface area (Å²) in [5.41, 5.74) is 3.06. The predicted molar refractivity (Wildman–Crippen MR) is 84.9 cm³/mol. The smallest absolute Gasteiger partial charge is 0.306 e. The highest BCUT2D eigenvalue weighted by atomic mass is 16.4. The Balaban J connectivity index is 1.77. The van der Waals surface area contributed by atoms with Crippen molar-refractivity contribution in [3.63, 3.8) is 0 Å². The van der Waals surface area contributed by atoms with Crippen LogP contribution in [0.5, 0.6) is 0 Å². The first kappa shape index (κ1) is 14.8. The lowest BCUT2D eigenvalue weighted by Gasteiger charge is -2.31. The van der Waals surface area contributed by atoms with Crippen molar-refractivity contribution < 1.29 is 9.90 Å². The summed E-state index contributed by atoms with van der Waals surface area (Å²) in [4.78, 5) is 13.3. The fraction of sp³-hybridized carbons (Fsp3) is 0.562. The highest BCUT2D eigenvalue weighted by molar-refractivity contribution is 5.79. The van der Waals surface area contributed by atoms with Crippen LogP contribution >= 0.6 is 0 Å². The van der Waals surface area contributed by atoms with Crippen LogP contribution in [0.25, 0.3) is 11.0 Å². The van der Waals surface area contributed by atoms with E-state index in [-0.39, 0.29) is 5.92 Å². The molecule has 0 unspecified atom stereocenters. The first-order chi connectivity index (χ1) is 10.5. The summed E-state index contributed by atoms with van der Waals surface area (Å²) in [5, 5.41) is 17.6. The van der Waals surface area contributed by atoms with Gasteiger partial charge in [0.15, 0.2) is 0 Å². The first-order valence-electron chi connectivity index (χ1n) is 7.85. The van der Waals surface area contributed by atoms with Gasteiger partial charge in [-0.25, -0.2) is 4.68 Å². The van der Waals surface area contributed by atoms with Crippen LogP contribution in [0.1, 0.15) is 26.7 Å². The zero-order valence-electron chi connectivity index (χ0n) is 13.1. The van der Waals surface area contributed by atoms with Crippen LogP contribution < -0.4 is 4.90 Å². The number of anilines is 1. The number of benzene rings is 1. The minimum absolute atomic E-state index is 0.202. The van der Waals surface area contributed by atoms with Gasteiger partial charge in [-0.15, -0.1) is 5.10 Å². The summed E-state index contributed by atoms with van der Waals surface area (Å²) < 4.78 is 1.94. The number of hydrogen-bond donors (Lipinski definition) is 1. The number of nitrogens with zero attached hydrogens (tertiary/aromatic N) is 4. The molecule has 1 fully saturated rings. The standard InChI is InChI=1S/C16H22N4O2/c1-11(2)10-20-15-4-3-13(9-14(15)17-18-20)19-7-5-12(6-8-19)16(21)22/h3-4,9,11-12H,5-8,10H2,1-2H3,(H,21,22). The van der Waals surface area contributed by atoms with Gasteiger partial charge in [0.25, 0.3) is 0 Å². The van der Waals surface area contributed by atoms with E-state index >= 15 is 0 Å². The first-order valence-corrected chi connectivity index (χ1v) is 7.85. The molecule has 1 aromatic heterocycles. The van der Waals surface area contributed by atoms with Crippen LogP contribution in [0.2, 0.25) is 0 Å². The Bertz CT molecular complexity index is 672. The van der Waals surface area contributed by atoms with Crippen LogP contribution in [-0.2, 0) is 11.3 Å². The minimum Gasteiger partial charge on any atom is -0.481 e. The van der Waals surface area contributed by atoms with E-state index in [0.717, 1.165) is 36.4 Å². The second kappa shape index (κ2) is 5.94. The van der Waals surface area contributed by atoms with Crippen molar-refractivity contribution in [3.8, 4) is 0 Å². The van der Waals surface area contributed by atoms with E-state index in [1.165, 1.54) is 0 Å². The van der Waals surface area contributed by atoms with Crippen LogP contribution in [0.4, 0.5) is 5.69 Å². The molecule has 0 spiro atoms. The molecule has 6 heteroatoms. The molecule has 0 atom stereocenters. The lowest BCUT2D eigenvalue weighted by atomic mass is 9.97. The molecule has 1 saturated heterocycles. The average Bonchev–Trinajstić information content (AvgIpc) is 2.89. The molecule has 2 heterocycles. The largest absolute Gasteiger partial charge is 0.481 e. The molecule has 0 bridgehead atoms. The third-order valence-electron chi connectivity index (χ3n) is 4.24. The van der Waals surface area contributed by atoms with Crippen LogP contribution in [-0.4, -0.2) is 39.2 Å². The molecule has 3 rings (SSSR count). The quantitative estimate of drug-likeness (QED) is 0.939. The van der Waals surface area contributed by atoms with Gasteiger partial charge in [0.1, 0.15) is 5.52 Å². The zero-order valence-corrected chi connectivity index (χ0v) is 13.1. The van der Waals surface area contributed by atoms with E-state index in [2.05, 4.69) is 47.3 Å². The summed E-state index contributed by atoms with van der Waals surface area (Å²) in [7, 11) is 0. The van der Waals surface area contributed by atoms with Gasteiger partial charge in [0.2, 0.25) is 0 Å². The number of aliphatic carboxylic acids is 1. The van der Waals surface area contributed by atoms with Gasteiger partial charge in [0, 0.05) is 25.3 Å². The molecule has 1 aliphatic rings. The van der Waals surface area contributed by atoms with Gasteiger partial charge in [0.05, 0.1) is 11.4 Å². The molecular weight excluding hydrogens is 280 g/mol. The summed E-state index contributed by atoms with van der Waals surface area (Å²) in [5.74, 6) is -0.349. The molecule has 22 heavy (non-hydrogen) atoms. The number of piperidine rings is 1. The molecule has 2 aromatic rings. The number of carboxylic acid groups (broad SMARTS) is 1. The average molecular weight is 302 g/mol. The summed E-state index contributed by atoms with van der Waals surface area (Å²) in [6.07, 6.45) is 1.40. The molecule has 1 N–H and O–H groups in total. The van der Waals surface area contributed by atoms with Gasteiger partial charge < -0.3 is 10.0 Å². The number of fused-ring (bicyclic) bond motifs is 1. The van der Waals surface area contributed by atoms with Gasteiger partial charge in [-0.3, -0.25) is 4.79 Å². The van der Waals surface area contributed by atoms with E-state index in [0.29, 0.717) is 18.8 Å². The maximum Gasteiger partial charge on any atom is 0.306 e. The van der Waals surface area contributed by atoms with Crippen molar-refractivity contribution in [2.75, 3.05) is 18.0 Å². The molecule has 1 aromatic carbocycles. The maximum absolute atomic E-state index is 11.0. The third kappa shape index (κ3) is 2.91. The monoisotopic (exact) mass is 302 g/mol. The van der Waals surface area contributed by atoms with Crippen LogP contribution in [0.3, 0.4) is 0 Å². The lowest BCUT2D eigenvalue weighted by Crippen LogP contribution is -2.36. The maximum atomic E-state index is 11.0. The molecular formula is C16H22N4O2. The number of aromatic nitrogens is 3. The summed E-state index contributed by atoms with van der Waals surface area (Å²) >= 11 is 0. The summed E-state index contributed by atoms with van der Waals surface area (Å²) in [6, 6.07) is 6.21. The second-order valence-electron chi connectivity index (χ2n) is 6.44. The topological polar surface area (TPSA) is 71.2 Å². The Morgan fingerprint density at radius 2 is 2.09 bits per heavy atom. The Kier molecular flexibility index (Phi) is 4.00. The predicted octanol–water partition coefficient (Wildman–Crippen LogP) is 2.39. The zero-order chi connectivity index (χ0) is 15.7. The number of hydrogen-bond acceptors (Lipinski definition) is 4.